The zero-order valence-electron chi connectivity index (χ0n) is 13.9. The third kappa shape index (κ3) is 3.86. The number of carboxylic acids is 1. The number of halogens is 1. The van der Waals surface area contributed by atoms with Crippen LogP contribution in [0.4, 0.5) is 0 Å². The fraction of sp³-hybridized carbons (Fsp3) is 0.294. The molecule has 136 valence electrons. The minimum Gasteiger partial charge on any atom is -0.482 e. The first-order chi connectivity index (χ1) is 12.5. The molecule has 0 aliphatic carbocycles. The van der Waals surface area contributed by atoms with E-state index in [4.69, 9.17) is 21.4 Å². The molecule has 0 spiro atoms. The minimum absolute atomic E-state index is 0.0991. The maximum Gasteiger partial charge on any atom is 0.308 e. The molecule has 0 aliphatic heterocycles. The molecule has 3 aromatic rings. The first-order valence-electron chi connectivity index (χ1n) is 7.98. The molecule has 2 heterocycles. The summed E-state index contributed by atoms with van der Waals surface area (Å²) < 4.78 is 8.11. The highest BCUT2D eigenvalue weighted by molar-refractivity contribution is 7.16. The summed E-state index contributed by atoms with van der Waals surface area (Å²) in [7, 11) is 0. The second kappa shape index (κ2) is 7.84. The predicted molar refractivity (Wildman–Crippen MR) is 99.0 cm³/mol. The molecule has 0 radical (unpaired) electrons. The van der Waals surface area contributed by atoms with E-state index in [2.05, 4.69) is 10.2 Å². The first-order valence-corrected chi connectivity index (χ1v) is 9.18. The van der Waals surface area contributed by atoms with E-state index < -0.39 is 5.97 Å². The lowest BCUT2D eigenvalue weighted by Gasteiger charge is -2.17. The van der Waals surface area contributed by atoms with Crippen LogP contribution < -0.4 is 9.61 Å². The van der Waals surface area contributed by atoms with Crippen molar-refractivity contribution in [1.29, 1.82) is 0 Å². The molecule has 0 fully saturated rings. The van der Waals surface area contributed by atoms with E-state index in [0.29, 0.717) is 33.1 Å². The van der Waals surface area contributed by atoms with Gasteiger partial charge < -0.3 is 9.84 Å². The highest BCUT2D eigenvalue weighted by Crippen LogP contribution is 2.34. The zero-order valence-corrected chi connectivity index (χ0v) is 15.5. The molecule has 1 N–H and O–H groups in total. The average Bonchev–Trinajstić information content (AvgIpc) is 2.92. The summed E-state index contributed by atoms with van der Waals surface area (Å²) in [5.41, 5.74) is 1.30. The fourth-order valence-electron chi connectivity index (χ4n) is 2.57. The maximum atomic E-state index is 12.2. The van der Waals surface area contributed by atoms with E-state index in [1.807, 2.05) is 13.0 Å². The van der Waals surface area contributed by atoms with Crippen LogP contribution in [-0.4, -0.2) is 25.8 Å². The highest BCUT2D eigenvalue weighted by atomic mass is 35.5. The van der Waals surface area contributed by atoms with E-state index in [0.717, 1.165) is 11.3 Å². The predicted octanol–water partition coefficient (Wildman–Crippen LogP) is 3.51. The van der Waals surface area contributed by atoms with Crippen LogP contribution in [0.25, 0.3) is 10.2 Å². The maximum absolute atomic E-state index is 12.2. The summed E-state index contributed by atoms with van der Waals surface area (Å²) in [5.74, 6) is -0.514. The standard InChI is InChI=1S/C17H16ClN3O4S/c1-2-13(11-4-3-6-19-20-11)25-14-9-15-12(8-10(14)18)21(17(24)26-15)7-5-16(22)23/h3-4,6,8-9,13H,2,5,7H2,1H3,(H,22,23)/t13-/m0/s1. The van der Waals surface area contributed by atoms with Gasteiger partial charge in [-0.25, -0.2) is 0 Å². The van der Waals surface area contributed by atoms with Crippen LogP contribution in [-0.2, 0) is 11.3 Å². The Morgan fingerprint density at radius 3 is 2.92 bits per heavy atom. The molecular weight excluding hydrogens is 378 g/mol. The van der Waals surface area contributed by atoms with E-state index in [9.17, 15) is 9.59 Å². The Balaban J connectivity index is 1.94. The van der Waals surface area contributed by atoms with Crippen LogP contribution in [0, 0.1) is 0 Å². The number of carboxylic acid groups (broad SMARTS) is 1. The van der Waals surface area contributed by atoms with E-state index in [1.54, 1.807) is 24.4 Å². The van der Waals surface area contributed by atoms with Gasteiger partial charge in [0.15, 0.2) is 0 Å². The summed E-state index contributed by atoms with van der Waals surface area (Å²) in [6.45, 7) is 2.06. The molecule has 0 bridgehead atoms. The largest absolute Gasteiger partial charge is 0.482 e. The Labute approximate surface area is 157 Å². The van der Waals surface area contributed by atoms with E-state index in [-0.39, 0.29) is 23.9 Å². The van der Waals surface area contributed by atoms with Crippen molar-refractivity contribution in [3.63, 3.8) is 0 Å². The van der Waals surface area contributed by atoms with Crippen molar-refractivity contribution in [2.45, 2.75) is 32.4 Å². The number of aryl methyl sites for hydroxylation is 1. The van der Waals surface area contributed by atoms with Gasteiger partial charge >= 0.3 is 10.8 Å². The molecule has 1 aromatic carbocycles. The lowest BCUT2D eigenvalue weighted by atomic mass is 10.2. The van der Waals surface area contributed by atoms with Crippen LogP contribution in [0.1, 0.15) is 31.6 Å². The molecule has 0 saturated carbocycles. The zero-order chi connectivity index (χ0) is 18.7. The van der Waals surface area contributed by atoms with Gasteiger partial charge in [-0.05, 0) is 24.6 Å². The Kier molecular flexibility index (Phi) is 5.53. The Morgan fingerprint density at radius 1 is 1.46 bits per heavy atom. The number of benzene rings is 1. The number of rotatable bonds is 7. The van der Waals surface area contributed by atoms with Crippen molar-refractivity contribution in [2.24, 2.45) is 0 Å². The Bertz CT molecular complexity index is 987. The summed E-state index contributed by atoms with van der Waals surface area (Å²) >= 11 is 7.38. The molecule has 1 atom stereocenters. The topological polar surface area (TPSA) is 94.3 Å². The van der Waals surface area contributed by atoms with Crippen LogP contribution in [0.15, 0.2) is 35.3 Å². The van der Waals surface area contributed by atoms with Crippen LogP contribution in [0.3, 0.4) is 0 Å². The Morgan fingerprint density at radius 2 is 2.27 bits per heavy atom. The number of carbonyl (C=O) groups is 1. The second-order valence-electron chi connectivity index (χ2n) is 5.58. The summed E-state index contributed by atoms with van der Waals surface area (Å²) in [6, 6.07) is 6.96. The monoisotopic (exact) mass is 393 g/mol. The summed E-state index contributed by atoms with van der Waals surface area (Å²) in [6.07, 6.45) is 1.81. The second-order valence-corrected chi connectivity index (χ2v) is 6.98. The van der Waals surface area contributed by atoms with Gasteiger partial charge in [-0.3, -0.25) is 14.2 Å². The minimum atomic E-state index is -0.961. The van der Waals surface area contributed by atoms with Crippen LogP contribution in [0.2, 0.25) is 5.02 Å². The quantitative estimate of drug-likeness (QED) is 0.660. The average molecular weight is 394 g/mol. The molecular formula is C17H16ClN3O4S. The first kappa shape index (κ1) is 18.3. The van der Waals surface area contributed by atoms with Crippen molar-refractivity contribution in [3.8, 4) is 5.75 Å². The van der Waals surface area contributed by atoms with Gasteiger partial charge in [0, 0.05) is 18.8 Å². The van der Waals surface area contributed by atoms with E-state index in [1.165, 1.54) is 4.57 Å². The lowest BCUT2D eigenvalue weighted by molar-refractivity contribution is -0.137. The summed E-state index contributed by atoms with van der Waals surface area (Å²) in [5, 5.41) is 17.1. The fourth-order valence-corrected chi connectivity index (χ4v) is 3.70. The number of aromatic nitrogens is 3. The molecule has 9 heteroatoms. The van der Waals surface area contributed by atoms with Gasteiger partial charge in [-0.1, -0.05) is 29.9 Å². The number of fused-ring (bicyclic) bond motifs is 1. The van der Waals surface area contributed by atoms with Crippen molar-refractivity contribution < 1.29 is 14.6 Å². The van der Waals surface area contributed by atoms with Gasteiger partial charge in [0.2, 0.25) is 0 Å². The molecule has 0 unspecified atom stereocenters. The number of aliphatic carboxylic acids is 1. The third-order valence-electron chi connectivity index (χ3n) is 3.83. The SMILES string of the molecule is CC[C@H](Oc1cc2sc(=O)n(CCC(=O)O)c2cc1Cl)c1cccnn1. The van der Waals surface area contributed by atoms with Gasteiger partial charge in [0.25, 0.3) is 0 Å². The molecule has 2 aromatic heterocycles. The van der Waals surface area contributed by atoms with Crippen LogP contribution in [0.5, 0.6) is 5.75 Å². The molecule has 7 nitrogen and oxygen atoms in total. The lowest BCUT2D eigenvalue weighted by Crippen LogP contribution is -2.15. The van der Waals surface area contributed by atoms with Gasteiger partial charge in [0.05, 0.1) is 21.7 Å². The third-order valence-corrected chi connectivity index (χ3v) is 5.07. The van der Waals surface area contributed by atoms with Crippen molar-refractivity contribution in [3.05, 3.63) is 50.8 Å². The van der Waals surface area contributed by atoms with E-state index >= 15 is 0 Å². The van der Waals surface area contributed by atoms with Crippen LogP contribution >= 0.6 is 22.9 Å². The van der Waals surface area contributed by atoms with Crippen molar-refractivity contribution in [1.82, 2.24) is 14.8 Å². The number of thiazole rings is 1. The summed E-state index contributed by atoms with van der Waals surface area (Å²) in [4.78, 5) is 22.7. The smallest absolute Gasteiger partial charge is 0.308 e. The van der Waals surface area contributed by atoms with Gasteiger partial charge in [0.1, 0.15) is 17.5 Å². The number of hydrogen-bond acceptors (Lipinski definition) is 6. The molecule has 26 heavy (non-hydrogen) atoms. The van der Waals surface area contributed by atoms with Gasteiger partial charge in [-0.2, -0.15) is 10.2 Å². The molecule has 0 saturated heterocycles. The van der Waals surface area contributed by atoms with Crippen molar-refractivity contribution in [2.75, 3.05) is 0 Å². The van der Waals surface area contributed by atoms with Crippen molar-refractivity contribution >= 4 is 39.1 Å². The molecule has 0 aliphatic rings. The molecule has 3 rings (SSSR count). The normalized spacial score (nSPS) is 12.2. The Hall–Kier alpha value is -2.45. The highest BCUT2D eigenvalue weighted by Gasteiger charge is 2.18. The number of hydrogen-bond donors (Lipinski definition) is 1. The molecule has 0 amide bonds. The van der Waals surface area contributed by atoms with Gasteiger partial charge in [-0.15, -0.1) is 0 Å². The number of nitrogens with zero attached hydrogens (tertiary/aromatic N) is 3. The number of ether oxygens (including phenoxy) is 1.